The largest absolute Gasteiger partial charge is 0.265 e. The van der Waals surface area contributed by atoms with Crippen molar-refractivity contribution in [3.8, 4) is 0 Å². The number of hydrogen-bond acceptors (Lipinski definition) is 1. The Balaban J connectivity index is 2.02. The van der Waals surface area contributed by atoms with Gasteiger partial charge >= 0.3 is 0 Å². The molecule has 0 saturated carbocycles. The Bertz CT molecular complexity index is 693. The zero-order chi connectivity index (χ0) is 17.4. The Hall–Kier alpha value is -2.41. The van der Waals surface area contributed by atoms with E-state index in [0.717, 1.165) is 12.8 Å². The van der Waals surface area contributed by atoms with Crippen LogP contribution in [0.25, 0.3) is 0 Å². The lowest BCUT2D eigenvalue weighted by Gasteiger charge is -2.35. The van der Waals surface area contributed by atoms with Gasteiger partial charge in [-0.25, -0.2) is 0 Å². The Kier molecular flexibility index (Phi) is 6.00. The molecular weight excluding hydrogens is 302 g/mol. The van der Waals surface area contributed by atoms with Gasteiger partial charge in [0.2, 0.25) is 0 Å². The van der Waals surface area contributed by atoms with Crippen molar-refractivity contribution in [1.82, 2.24) is 4.98 Å². The van der Waals surface area contributed by atoms with Crippen LogP contribution in [0.5, 0.6) is 0 Å². The van der Waals surface area contributed by atoms with Gasteiger partial charge < -0.3 is 0 Å². The number of benzene rings is 2. The van der Waals surface area contributed by atoms with Crippen LogP contribution in [-0.4, -0.2) is 4.98 Å². The fourth-order valence-electron chi connectivity index (χ4n) is 3.78. The molecule has 1 heterocycles. The van der Waals surface area contributed by atoms with Crippen molar-refractivity contribution in [2.45, 2.75) is 44.4 Å². The third-order valence-corrected chi connectivity index (χ3v) is 5.07. The average Bonchev–Trinajstić information content (AvgIpc) is 2.68. The third-order valence-electron chi connectivity index (χ3n) is 5.07. The van der Waals surface area contributed by atoms with Crippen LogP contribution in [0.1, 0.15) is 42.9 Å². The van der Waals surface area contributed by atoms with E-state index in [2.05, 4.69) is 84.7 Å². The predicted molar refractivity (Wildman–Crippen MR) is 106 cm³/mol. The normalized spacial score (nSPS) is 11.4. The van der Waals surface area contributed by atoms with Gasteiger partial charge in [-0.05, 0) is 48.1 Å². The molecule has 0 saturated heterocycles. The predicted octanol–water partition coefficient (Wildman–Crippen LogP) is 6.00. The van der Waals surface area contributed by atoms with E-state index >= 15 is 0 Å². The van der Waals surface area contributed by atoms with Crippen molar-refractivity contribution in [2.75, 3.05) is 0 Å². The third kappa shape index (κ3) is 4.57. The summed E-state index contributed by atoms with van der Waals surface area (Å²) >= 11 is 0. The second-order valence-corrected chi connectivity index (χ2v) is 6.94. The zero-order valence-electron chi connectivity index (χ0n) is 15.1. The van der Waals surface area contributed by atoms with Crippen LogP contribution in [0.2, 0.25) is 0 Å². The molecule has 0 amide bonds. The SMILES string of the molecule is CCCCC(Cc1ccccc1)(Cc1ccccc1)c1ccncc1. The number of unbranched alkanes of at least 4 members (excludes halogenated alkanes) is 1. The van der Waals surface area contributed by atoms with E-state index in [1.54, 1.807) is 0 Å². The average molecular weight is 329 g/mol. The molecule has 0 aliphatic carbocycles. The summed E-state index contributed by atoms with van der Waals surface area (Å²) < 4.78 is 0. The van der Waals surface area contributed by atoms with Crippen molar-refractivity contribution in [2.24, 2.45) is 0 Å². The van der Waals surface area contributed by atoms with Crippen molar-refractivity contribution in [3.05, 3.63) is 102 Å². The van der Waals surface area contributed by atoms with E-state index in [1.165, 1.54) is 36.0 Å². The first-order valence-corrected chi connectivity index (χ1v) is 9.31. The van der Waals surface area contributed by atoms with Gasteiger partial charge in [-0.3, -0.25) is 4.98 Å². The Morgan fingerprint density at radius 1 is 0.720 bits per heavy atom. The summed E-state index contributed by atoms with van der Waals surface area (Å²) in [6.07, 6.45) is 9.65. The summed E-state index contributed by atoms with van der Waals surface area (Å²) in [5.41, 5.74) is 4.34. The molecule has 128 valence electrons. The zero-order valence-corrected chi connectivity index (χ0v) is 15.1. The van der Waals surface area contributed by atoms with Crippen LogP contribution in [0.3, 0.4) is 0 Å². The van der Waals surface area contributed by atoms with Crippen LogP contribution >= 0.6 is 0 Å². The number of aromatic nitrogens is 1. The smallest absolute Gasteiger partial charge is 0.0270 e. The molecule has 0 atom stereocenters. The second kappa shape index (κ2) is 8.62. The summed E-state index contributed by atoms with van der Waals surface area (Å²) in [4.78, 5) is 4.25. The highest BCUT2D eigenvalue weighted by Gasteiger charge is 2.32. The molecule has 1 heteroatoms. The van der Waals surface area contributed by atoms with Crippen LogP contribution in [-0.2, 0) is 18.3 Å². The standard InChI is InChI=1S/C24H27N/c1-2-3-16-24(23-14-17-25-18-15-23,19-21-10-6-4-7-11-21)20-22-12-8-5-9-13-22/h4-15,17-18H,2-3,16,19-20H2,1H3. The van der Waals surface area contributed by atoms with Crippen LogP contribution in [0, 0.1) is 0 Å². The summed E-state index contributed by atoms with van der Waals surface area (Å²) in [6.45, 7) is 2.28. The minimum absolute atomic E-state index is 0.113. The van der Waals surface area contributed by atoms with Gasteiger partial charge in [0.1, 0.15) is 0 Å². The fourth-order valence-corrected chi connectivity index (χ4v) is 3.78. The monoisotopic (exact) mass is 329 g/mol. The highest BCUT2D eigenvalue weighted by molar-refractivity contribution is 5.32. The molecule has 25 heavy (non-hydrogen) atoms. The van der Waals surface area contributed by atoms with Crippen LogP contribution in [0.15, 0.2) is 85.2 Å². The van der Waals surface area contributed by atoms with Crippen molar-refractivity contribution in [3.63, 3.8) is 0 Å². The Labute approximate surface area is 151 Å². The molecule has 0 spiro atoms. The van der Waals surface area contributed by atoms with E-state index in [0.29, 0.717) is 0 Å². The lowest BCUT2D eigenvalue weighted by Crippen LogP contribution is -2.32. The van der Waals surface area contributed by atoms with Crippen molar-refractivity contribution < 1.29 is 0 Å². The molecule has 0 unspecified atom stereocenters. The van der Waals surface area contributed by atoms with Gasteiger partial charge in [-0.2, -0.15) is 0 Å². The Morgan fingerprint density at radius 3 is 1.72 bits per heavy atom. The number of rotatable bonds is 8. The summed E-state index contributed by atoms with van der Waals surface area (Å²) in [7, 11) is 0. The summed E-state index contributed by atoms with van der Waals surface area (Å²) in [5.74, 6) is 0. The van der Waals surface area contributed by atoms with Crippen molar-refractivity contribution in [1.29, 1.82) is 0 Å². The molecule has 3 aromatic rings. The van der Waals surface area contributed by atoms with Crippen LogP contribution in [0.4, 0.5) is 0 Å². The topological polar surface area (TPSA) is 12.9 Å². The molecule has 1 nitrogen and oxygen atoms in total. The highest BCUT2D eigenvalue weighted by Crippen LogP contribution is 2.37. The highest BCUT2D eigenvalue weighted by atomic mass is 14.6. The van der Waals surface area contributed by atoms with E-state index < -0.39 is 0 Å². The van der Waals surface area contributed by atoms with Gasteiger partial charge in [-0.1, -0.05) is 80.4 Å². The maximum Gasteiger partial charge on any atom is 0.0270 e. The van der Waals surface area contributed by atoms with Gasteiger partial charge in [0.05, 0.1) is 0 Å². The van der Waals surface area contributed by atoms with Crippen LogP contribution < -0.4 is 0 Å². The molecule has 3 rings (SSSR count). The van der Waals surface area contributed by atoms with Gasteiger partial charge in [0.25, 0.3) is 0 Å². The maximum absolute atomic E-state index is 4.25. The fraction of sp³-hybridized carbons (Fsp3) is 0.292. The molecule has 0 bridgehead atoms. The quantitative estimate of drug-likeness (QED) is 0.494. The number of pyridine rings is 1. The van der Waals surface area contributed by atoms with E-state index in [9.17, 15) is 0 Å². The molecule has 0 aliphatic rings. The molecule has 1 aromatic heterocycles. The molecule has 0 radical (unpaired) electrons. The maximum atomic E-state index is 4.25. The number of hydrogen-bond donors (Lipinski definition) is 0. The molecule has 2 aromatic carbocycles. The minimum atomic E-state index is 0.113. The van der Waals surface area contributed by atoms with Crippen molar-refractivity contribution >= 4 is 0 Å². The first-order chi connectivity index (χ1) is 12.3. The molecule has 0 N–H and O–H groups in total. The first kappa shape index (κ1) is 17.4. The van der Waals surface area contributed by atoms with E-state index in [1.807, 2.05) is 12.4 Å². The van der Waals surface area contributed by atoms with E-state index in [-0.39, 0.29) is 5.41 Å². The van der Waals surface area contributed by atoms with Gasteiger partial charge in [0, 0.05) is 17.8 Å². The molecule has 0 fully saturated rings. The van der Waals surface area contributed by atoms with E-state index in [4.69, 9.17) is 0 Å². The number of nitrogens with zero attached hydrogens (tertiary/aromatic N) is 1. The second-order valence-electron chi connectivity index (χ2n) is 6.94. The minimum Gasteiger partial charge on any atom is -0.265 e. The lowest BCUT2D eigenvalue weighted by molar-refractivity contribution is 0.372. The lowest BCUT2D eigenvalue weighted by atomic mass is 9.68. The Morgan fingerprint density at radius 2 is 1.24 bits per heavy atom. The summed E-state index contributed by atoms with van der Waals surface area (Å²) in [6, 6.07) is 26.2. The molecular formula is C24H27N. The summed E-state index contributed by atoms with van der Waals surface area (Å²) in [5, 5.41) is 0. The first-order valence-electron chi connectivity index (χ1n) is 9.31. The van der Waals surface area contributed by atoms with Gasteiger partial charge in [0.15, 0.2) is 0 Å². The van der Waals surface area contributed by atoms with Gasteiger partial charge in [-0.15, -0.1) is 0 Å². The molecule has 0 aliphatic heterocycles.